The number of aliphatic hydroxyl groups excluding tert-OH is 1. The van der Waals surface area contributed by atoms with Gasteiger partial charge in [-0.3, -0.25) is 9.78 Å². The lowest BCUT2D eigenvalue weighted by molar-refractivity contribution is 0.0992. The molecule has 106 valence electrons. The van der Waals surface area contributed by atoms with E-state index in [-0.39, 0.29) is 12.5 Å². The number of rotatable bonds is 2. The smallest absolute Gasteiger partial charge is 0.259 e. The number of anilines is 1. The first kappa shape index (κ1) is 14.8. The van der Waals surface area contributed by atoms with Crippen LogP contribution in [0.15, 0.2) is 42.7 Å². The highest BCUT2D eigenvalue weighted by molar-refractivity contribution is 6.07. The van der Waals surface area contributed by atoms with Crippen LogP contribution in [0.25, 0.3) is 0 Å². The number of aromatic nitrogens is 1. The van der Waals surface area contributed by atoms with Crippen molar-refractivity contribution in [2.45, 2.75) is 6.92 Å². The van der Waals surface area contributed by atoms with Crippen LogP contribution in [0.3, 0.4) is 0 Å². The van der Waals surface area contributed by atoms with Crippen LogP contribution in [-0.4, -0.2) is 29.7 Å². The quantitative estimate of drug-likeness (QED) is 0.856. The van der Waals surface area contributed by atoms with E-state index in [1.165, 1.54) is 6.20 Å². The zero-order chi connectivity index (χ0) is 15.2. The third-order valence-corrected chi connectivity index (χ3v) is 3.08. The van der Waals surface area contributed by atoms with Gasteiger partial charge in [0, 0.05) is 25.1 Å². The number of hydrogen-bond donors (Lipinski definition) is 1. The number of carbonyl (C=O) groups is 1. The molecule has 0 unspecified atom stereocenters. The molecule has 0 atom stereocenters. The van der Waals surface area contributed by atoms with Crippen molar-refractivity contribution in [2.75, 3.05) is 18.6 Å². The van der Waals surface area contributed by atoms with E-state index in [0.717, 1.165) is 11.3 Å². The van der Waals surface area contributed by atoms with Crippen LogP contribution >= 0.6 is 0 Å². The van der Waals surface area contributed by atoms with Crippen molar-refractivity contribution in [2.24, 2.45) is 0 Å². The van der Waals surface area contributed by atoms with E-state index >= 15 is 0 Å². The van der Waals surface area contributed by atoms with Gasteiger partial charge in [0.1, 0.15) is 6.61 Å². The van der Waals surface area contributed by atoms with E-state index in [2.05, 4.69) is 16.8 Å². The first-order chi connectivity index (χ1) is 10.1. The topological polar surface area (TPSA) is 53.4 Å². The lowest BCUT2D eigenvalue weighted by atomic mass is 10.1. The number of hydrogen-bond acceptors (Lipinski definition) is 3. The molecule has 0 aliphatic heterocycles. The minimum Gasteiger partial charge on any atom is -0.384 e. The molecule has 1 aromatic carbocycles. The normalized spacial score (nSPS) is 9.67. The first-order valence-electron chi connectivity index (χ1n) is 6.52. The van der Waals surface area contributed by atoms with Crippen LogP contribution in [-0.2, 0) is 0 Å². The molecular formula is C17H16N2O2. The van der Waals surface area contributed by atoms with Gasteiger partial charge in [0.15, 0.2) is 0 Å². The molecular weight excluding hydrogens is 264 g/mol. The molecule has 0 saturated carbocycles. The van der Waals surface area contributed by atoms with Crippen LogP contribution in [0.1, 0.15) is 21.5 Å². The summed E-state index contributed by atoms with van der Waals surface area (Å²) in [6.45, 7) is 1.74. The highest BCUT2D eigenvalue weighted by Gasteiger charge is 2.16. The molecule has 1 amide bonds. The van der Waals surface area contributed by atoms with E-state index in [9.17, 15) is 4.79 Å². The Balaban J connectivity index is 2.33. The van der Waals surface area contributed by atoms with E-state index in [0.29, 0.717) is 11.1 Å². The molecule has 1 N–H and O–H groups in total. The number of pyridine rings is 1. The Hall–Kier alpha value is -2.64. The molecule has 0 radical (unpaired) electrons. The fourth-order valence-electron chi connectivity index (χ4n) is 1.88. The van der Waals surface area contributed by atoms with E-state index in [1.54, 1.807) is 24.2 Å². The number of aryl methyl sites for hydroxylation is 1. The predicted molar refractivity (Wildman–Crippen MR) is 82.1 cm³/mol. The summed E-state index contributed by atoms with van der Waals surface area (Å²) in [5.74, 6) is 5.13. The number of nitrogens with zero attached hydrogens (tertiary/aromatic N) is 2. The first-order valence-corrected chi connectivity index (χ1v) is 6.52. The van der Waals surface area contributed by atoms with Gasteiger partial charge >= 0.3 is 0 Å². The molecule has 4 heteroatoms. The largest absolute Gasteiger partial charge is 0.384 e. The zero-order valence-electron chi connectivity index (χ0n) is 12.0. The SMILES string of the molecule is Cc1ccc(N(C)C(=O)c2ccncc2C#CCO)cc1. The average Bonchev–Trinajstić information content (AvgIpc) is 2.52. The number of carbonyl (C=O) groups excluding carboxylic acids is 1. The molecule has 2 aromatic rings. The van der Waals surface area contributed by atoms with Crippen molar-refractivity contribution in [3.05, 3.63) is 59.4 Å². The van der Waals surface area contributed by atoms with Crippen LogP contribution in [0.2, 0.25) is 0 Å². The second kappa shape index (κ2) is 6.69. The van der Waals surface area contributed by atoms with Crippen molar-refractivity contribution in [1.29, 1.82) is 0 Å². The Bertz CT molecular complexity index is 697. The Morgan fingerprint density at radius 2 is 2.00 bits per heavy atom. The minimum absolute atomic E-state index is 0.163. The predicted octanol–water partition coefficient (Wildman–Crippen LogP) is 2.01. The maximum atomic E-state index is 12.6. The highest BCUT2D eigenvalue weighted by atomic mass is 16.2. The number of benzene rings is 1. The van der Waals surface area contributed by atoms with E-state index in [1.807, 2.05) is 31.2 Å². The summed E-state index contributed by atoms with van der Waals surface area (Å²) in [6, 6.07) is 9.34. The lowest BCUT2D eigenvalue weighted by Crippen LogP contribution is -2.27. The standard InChI is InChI=1S/C17H16N2O2/c1-13-5-7-15(8-6-13)19(2)17(21)16-9-10-18-12-14(16)4-3-11-20/h5-10,12,20H,11H2,1-2H3. The molecule has 0 fully saturated rings. The summed E-state index contributed by atoms with van der Waals surface area (Å²) in [7, 11) is 1.72. The summed E-state index contributed by atoms with van der Waals surface area (Å²) in [4.78, 5) is 18.1. The van der Waals surface area contributed by atoms with Gasteiger partial charge in [0.2, 0.25) is 0 Å². The number of amides is 1. The van der Waals surface area contributed by atoms with Gasteiger partial charge in [-0.2, -0.15) is 0 Å². The Morgan fingerprint density at radius 3 is 2.67 bits per heavy atom. The summed E-state index contributed by atoms with van der Waals surface area (Å²) in [5.41, 5.74) is 2.92. The van der Waals surface area contributed by atoms with Crippen molar-refractivity contribution < 1.29 is 9.90 Å². The Labute approximate surface area is 124 Å². The lowest BCUT2D eigenvalue weighted by Gasteiger charge is -2.18. The molecule has 0 bridgehead atoms. The van der Waals surface area contributed by atoms with Crippen molar-refractivity contribution >= 4 is 11.6 Å². The summed E-state index contributed by atoms with van der Waals surface area (Å²) >= 11 is 0. The minimum atomic E-state index is -0.254. The second-order valence-electron chi connectivity index (χ2n) is 4.58. The molecule has 21 heavy (non-hydrogen) atoms. The van der Waals surface area contributed by atoms with Gasteiger partial charge < -0.3 is 10.0 Å². The van der Waals surface area contributed by atoms with E-state index < -0.39 is 0 Å². The third kappa shape index (κ3) is 3.47. The molecule has 4 nitrogen and oxygen atoms in total. The fraction of sp³-hybridized carbons (Fsp3) is 0.176. The maximum Gasteiger partial charge on any atom is 0.259 e. The summed E-state index contributed by atoms with van der Waals surface area (Å²) in [5, 5.41) is 8.78. The van der Waals surface area contributed by atoms with Crippen molar-refractivity contribution in [1.82, 2.24) is 4.98 Å². The second-order valence-corrected chi connectivity index (χ2v) is 4.58. The molecule has 0 saturated heterocycles. The van der Waals surface area contributed by atoms with Crippen molar-refractivity contribution in [3.63, 3.8) is 0 Å². The van der Waals surface area contributed by atoms with Gasteiger partial charge in [0.05, 0.1) is 11.1 Å². The molecule has 2 rings (SSSR count). The summed E-state index contributed by atoms with van der Waals surface area (Å²) < 4.78 is 0. The van der Waals surface area contributed by atoms with Gasteiger partial charge in [0.25, 0.3) is 5.91 Å². The maximum absolute atomic E-state index is 12.6. The molecule has 1 heterocycles. The molecule has 0 aliphatic rings. The van der Waals surface area contributed by atoms with Crippen molar-refractivity contribution in [3.8, 4) is 11.8 Å². The van der Waals surface area contributed by atoms with Gasteiger partial charge in [-0.15, -0.1) is 0 Å². The van der Waals surface area contributed by atoms with Crippen LogP contribution in [0, 0.1) is 18.8 Å². The van der Waals surface area contributed by atoms with Crippen LogP contribution in [0.5, 0.6) is 0 Å². The van der Waals surface area contributed by atoms with Gasteiger partial charge in [-0.05, 0) is 25.1 Å². The molecule has 0 aliphatic carbocycles. The molecule has 0 spiro atoms. The zero-order valence-corrected chi connectivity index (χ0v) is 12.0. The highest BCUT2D eigenvalue weighted by Crippen LogP contribution is 2.17. The van der Waals surface area contributed by atoms with Gasteiger partial charge in [-0.1, -0.05) is 29.5 Å². The fourth-order valence-corrected chi connectivity index (χ4v) is 1.88. The van der Waals surface area contributed by atoms with Crippen LogP contribution < -0.4 is 4.90 Å². The molecule has 1 aromatic heterocycles. The summed E-state index contributed by atoms with van der Waals surface area (Å²) in [6.07, 6.45) is 3.08. The monoisotopic (exact) mass is 280 g/mol. The van der Waals surface area contributed by atoms with Crippen LogP contribution in [0.4, 0.5) is 5.69 Å². The Kier molecular flexibility index (Phi) is 4.70. The third-order valence-electron chi connectivity index (χ3n) is 3.08. The average molecular weight is 280 g/mol. The van der Waals surface area contributed by atoms with Gasteiger partial charge in [-0.25, -0.2) is 0 Å². The van der Waals surface area contributed by atoms with E-state index in [4.69, 9.17) is 5.11 Å². The Morgan fingerprint density at radius 1 is 1.29 bits per heavy atom. The number of aliphatic hydroxyl groups is 1.